The number of hydrogen-bond acceptors (Lipinski definition) is 2. The SMILES string of the molecule is CC(CCN)c1ccc(Cl)nc1. The highest BCUT2D eigenvalue weighted by Gasteiger charge is 2.03. The maximum Gasteiger partial charge on any atom is 0.129 e. The van der Waals surface area contributed by atoms with Gasteiger partial charge >= 0.3 is 0 Å². The van der Waals surface area contributed by atoms with Crippen LogP contribution in [0.4, 0.5) is 0 Å². The number of hydrogen-bond donors (Lipinski definition) is 1. The van der Waals surface area contributed by atoms with Crippen molar-refractivity contribution in [3.63, 3.8) is 0 Å². The number of halogens is 1. The van der Waals surface area contributed by atoms with E-state index >= 15 is 0 Å². The maximum absolute atomic E-state index is 5.66. The van der Waals surface area contributed by atoms with Gasteiger partial charge in [0.25, 0.3) is 0 Å². The lowest BCUT2D eigenvalue weighted by atomic mass is 10.00. The molecule has 1 rings (SSSR count). The molecule has 0 radical (unpaired) electrons. The predicted octanol–water partition coefficient (Wildman–Crippen LogP) is 2.19. The lowest BCUT2D eigenvalue weighted by molar-refractivity contribution is 0.687. The summed E-state index contributed by atoms with van der Waals surface area (Å²) >= 11 is 5.66. The largest absolute Gasteiger partial charge is 0.330 e. The van der Waals surface area contributed by atoms with Crippen molar-refractivity contribution < 1.29 is 0 Å². The molecule has 1 heterocycles. The van der Waals surface area contributed by atoms with Crippen molar-refractivity contribution >= 4 is 11.6 Å². The summed E-state index contributed by atoms with van der Waals surface area (Å²) in [6.45, 7) is 2.85. The molecule has 1 atom stereocenters. The Morgan fingerprint density at radius 3 is 2.83 bits per heavy atom. The molecule has 12 heavy (non-hydrogen) atoms. The van der Waals surface area contributed by atoms with Gasteiger partial charge in [0, 0.05) is 6.20 Å². The molecule has 1 unspecified atom stereocenters. The van der Waals surface area contributed by atoms with Gasteiger partial charge in [0.1, 0.15) is 5.15 Å². The van der Waals surface area contributed by atoms with Gasteiger partial charge in [-0.15, -0.1) is 0 Å². The average Bonchev–Trinajstić information content (AvgIpc) is 2.06. The highest BCUT2D eigenvalue weighted by atomic mass is 35.5. The Hall–Kier alpha value is -0.600. The molecule has 0 aliphatic carbocycles. The van der Waals surface area contributed by atoms with E-state index in [9.17, 15) is 0 Å². The topological polar surface area (TPSA) is 38.9 Å². The molecule has 0 amide bonds. The summed E-state index contributed by atoms with van der Waals surface area (Å²) in [7, 11) is 0. The first kappa shape index (κ1) is 9.49. The quantitative estimate of drug-likeness (QED) is 0.732. The van der Waals surface area contributed by atoms with Gasteiger partial charge in [0.2, 0.25) is 0 Å². The first-order chi connectivity index (χ1) is 5.74. The molecule has 0 aliphatic rings. The third kappa shape index (κ3) is 2.47. The molecule has 1 aromatic rings. The highest BCUT2D eigenvalue weighted by Crippen LogP contribution is 2.18. The van der Waals surface area contributed by atoms with Crippen LogP contribution in [0.25, 0.3) is 0 Å². The van der Waals surface area contributed by atoms with Crippen LogP contribution in [0, 0.1) is 0 Å². The van der Waals surface area contributed by atoms with Crippen LogP contribution in [-0.4, -0.2) is 11.5 Å². The van der Waals surface area contributed by atoms with E-state index in [0.29, 0.717) is 17.6 Å². The van der Waals surface area contributed by atoms with Crippen molar-refractivity contribution in [1.29, 1.82) is 0 Å². The van der Waals surface area contributed by atoms with E-state index < -0.39 is 0 Å². The molecule has 0 aromatic carbocycles. The number of nitrogens with two attached hydrogens (primary N) is 1. The third-order valence-electron chi connectivity index (χ3n) is 1.92. The highest BCUT2D eigenvalue weighted by molar-refractivity contribution is 6.29. The van der Waals surface area contributed by atoms with Crippen molar-refractivity contribution in [2.75, 3.05) is 6.54 Å². The van der Waals surface area contributed by atoms with Gasteiger partial charge in [0.05, 0.1) is 0 Å². The van der Waals surface area contributed by atoms with Crippen LogP contribution in [0.2, 0.25) is 5.15 Å². The molecular formula is C9H13ClN2. The molecule has 2 N–H and O–H groups in total. The van der Waals surface area contributed by atoms with E-state index in [1.165, 1.54) is 5.56 Å². The molecule has 0 spiro atoms. The van der Waals surface area contributed by atoms with Crippen molar-refractivity contribution in [3.05, 3.63) is 29.0 Å². The second-order valence-electron chi connectivity index (χ2n) is 2.89. The van der Waals surface area contributed by atoms with Crippen LogP contribution in [0.5, 0.6) is 0 Å². The van der Waals surface area contributed by atoms with E-state index in [0.717, 1.165) is 6.42 Å². The maximum atomic E-state index is 5.66. The monoisotopic (exact) mass is 184 g/mol. The van der Waals surface area contributed by atoms with Crippen molar-refractivity contribution in [2.45, 2.75) is 19.3 Å². The summed E-state index contributed by atoms with van der Waals surface area (Å²) in [5.41, 5.74) is 6.65. The van der Waals surface area contributed by atoms with Gasteiger partial charge in [-0.25, -0.2) is 4.98 Å². The summed E-state index contributed by atoms with van der Waals surface area (Å²) in [4.78, 5) is 4.01. The first-order valence-corrected chi connectivity index (χ1v) is 4.43. The molecule has 0 bridgehead atoms. The normalized spacial score (nSPS) is 12.9. The minimum atomic E-state index is 0.472. The lowest BCUT2D eigenvalue weighted by Crippen LogP contribution is -2.04. The van der Waals surface area contributed by atoms with Crippen molar-refractivity contribution in [1.82, 2.24) is 4.98 Å². The predicted molar refractivity (Wildman–Crippen MR) is 51.3 cm³/mol. The zero-order valence-corrected chi connectivity index (χ0v) is 7.88. The standard InChI is InChI=1S/C9H13ClN2/c1-7(4-5-11)8-2-3-9(10)12-6-8/h2-3,6-7H,4-5,11H2,1H3. The zero-order valence-electron chi connectivity index (χ0n) is 7.13. The Bertz CT molecular complexity index is 233. The number of nitrogens with zero attached hydrogens (tertiary/aromatic N) is 1. The smallest absolute Gasteiger partial charge is 0.129 e. The Morgan fingerprint density at radius 1 is 1.58 bits per heavy atom. The minimum absolute atomic E-state index is 0.472. The summed E-state index contributed by atoms with van der Waals surface area (Å²) in [6, 6.07) is 3.81. The molecule has 66 valence electrons. The van der Waals surface area contributed by atoms with Crippen LogP contribution in [-0.2, 0) is 0 Å². The molecular weight excluding hydrogens is 172 g/mol. The summed E-state index contributed by atoms with van der Waals surface area (Å²) in [5, 5.41) is 0.540. The fraction of sp³-hybridized carbons (Fsp3) is 0.444. The summed E-state index contributed by atoms with van der Waals surface area (Å²) in [5.74, 6) is 0.472. The molecule has 0 aliphatic heterocycles. The van der Waals surface area contributed by atoms with Gasteiger partial charge in [-0.1, -0.05) is 24.6 Å². The fourth-order valence-electron chi connectivity index (χ4n) is 1.10. The van der Waals surface area contributed by atoms with Gasteiger partial charge in [-0.05, 0) is 30.5 Å². The van der Waals surface area contributed by atoms with Crippen LogP contribution in [0.1, 0.15) is 24.8 Å². The van der Waals surface area contributed by atoms with E-state index in [-0.39, 0.29) is 0 Å². The van der Waals surface area contributed by atoms with E-state index in [1.54, 1.807) is 0 Å². The summed E-state index contributed by atoms with van der Waals surface area (Å²) < 4.78 is 0. The molecule has 3 heteroatoms. The Kier molecular flexibility index (Phi) is 3.50. The lowest BCUT2D eigenvalue weighted by Gasteiger charge is -2.08. The van der Waals surface area contributed by atoms with E-state index in [1.807, 2.05) is 18.3 Å². The molecule has 0 saturated heterocycles. The van der Waals surface area contributed by atoms with Crippen LogP contribution in [0.3, 0.4) is 0 Å². The van der Waals surface area contributed by atoms with Gasteiger partial charge in [-0.2, -0.15) is 0 Å². The second-order valence-corrected chi connectivity index (χ2v) is 3.28. The first-order valence-electron chi connectivity index (χ1n) is 4.05. The van der Waals surface area contributed by atoms with Gasteiger partial charge < -0.3 is 5.73 Å². The van der Waals surface area contributed by atoms with Crippen molar-refractivity contribution in [3.8, 4) is 0 Å². The van der Waals surface area contributed by atoms with Gasteiger partial charge in [-0.3, -0.25) is 0 Å². The third-order valence-corrected chi connectivity index (χ3v) is 2.14. The molecule has 0 saturated carbocycles. The van der Waals surface area contributed by atoms with Crippen LogP contribution >= 0.6 is 11.6 Å². The number of aromatic nitrogens is 1. The van der Waals surface area contributed by atoms with E-state index in [2.05, 4.69) is 11.9 Å². The second kappa shape index (κ2) is 4.43. The van der Waals surface area contributed by atoms with Crippen LogP contribution in [0.15, 0.2) is 18.3 Å². The molecule has 0 fully saturated rings. The van der Waals surface area contributed by atoms with Crippen LogP contribution < -0.4 is 5.73 Å². The number of pyridine rings is 1. The van der Waals surface area contributed by atoms with Gasteiger partial charge in [0.15, 0.2) is 0 Å². The molecule has 1 aromatic heterocycles. The fourth-order valence-corrected chi connectivity index (χ4v) is 1.21. The molecule has 2 nitrogen and oxygen atoms in total. The Morgan fingerprint density at radius 2 is 2.33 bits per heavy atom. The zero-order chi connectivity index (χ0) is 8.97. The minimum Gasteiger partial charge on any atom is -0.330 e. The van der Waals surface area contributed by atoms with Crippen molar-refractivity contribution in [2.24, 2.45) is 5.73 Å². The summed E-state index contributed by atoms with van der Waals surface area (Å²) in [6.07, 6.45) is 2.80. The Labute approximate surface area is 77.8 Å². The number of rotatable bonds is 3. The average molecular weight is 185 g/mol. The Balaban J connectivity index is 2.68. The van der Waals surface area contributed by atoms with E-state index in [4.69, 9.17) is 17.3 Å².